The maximum Gasteiger partial charge on any atom is 0.147 e. The lowest BCUT2D eigenvalue weighted by Gasteiger charge is -2.14. The number of sulfone groups is 1. The number of halogens is 1. The Morgan fingerprint density at radius 1 is 1.33 bits per heavy atom. The van der Waals surface area contributed by atoms with Crippen molar-refractivity contribution in [3.05, 3.63) is 34.9 Å². The largest absolute Gasteiger partial charge is 0.396 e. The van der Waals surface area contributed by atoms with Crippen molar-refractivity contribution < 1.29 is 13.5 Å². The predicted octanol–water partition coefficient (Wildman–Crippen LogP) is 2.32. The van der Waals surface area contributed by atoms with Gasteiger partial charge in [-0.05, 0) is 36.8 Å². The van der Waals surface area contributed by atoms with Crippen LogP contribution in [0.3, 0.4) is 0 Å². The second-order valence-corrected chi connectivity index (χ2v) is 7.28. The van der Waals surface area contributed by atoms with Gasteiger partial charge in [0.1, 0.15) is 9.84 Å². The molecule has 0 spiro atoms. The number of aliphatic hydroxyl groups is 1. The highest BCUT2D eigenvalue weighted by atomic mass is 35.5. The summed E-state index contributed by atoms with van der Waals surface area (Å²) in [5.41, 5.74) is 0.998. The first-order chi connectivity index (χ1) is 8.42. The topological polar surface area (TPSA) is 54.4 Å². The van der Waals surface area contributed by atoms with E-state index >= 15 is 0 Å². The molecule has 1 rings (SSSR count). The summed E-state index contributed by atoms with van der Waals surface area (Å²) in [6.45, 7) is 0.0506. The first-order valence-corrected chi connectivity index (χ1v) is 8.38. The summed E-state index contributed by atoms with van der Waals surface area (Å²) < 4.78 is 22.1. The summed E-state index contributed by atoms with van der Waals surface area (Å²) in [5.74, 6) is 0.234. The third kappa shape index (κ3) is 5.85. The Morgan fingerprint density at radius 2 is 2.00 bits per heavy atom. The number of benzene rings is 1. The molecule has 0 bridgehead atoms. The van der Waals surface area contributed by atoms with Crippen molar-refractivity contribution in [2.75, 3.05) is 18.6 Å². The van der Waals surface area contributed by atoms with Gasteiger partial charge in [-0.15, -0.1) is 0 Å². The standard InChI is InChI=1S/C13H19ClO3S/c1-18(16,17)8-4-5-11(10-15)9-12-6-2-3-7-13(12)14/h2-3,6-7,11,15H,4-5,8-10H2,1H3. The third-order valence-electron chi connectivity index (χ3n) is 2.85. The van der Waals surface area contributed by atoms with Gasteiger partial charge in [-0.2, -0.15) is 0 Å². The zero-order valence-electron chi connectivity index (χ0n) is 10.5. The Kier molecular flexibility index (Phi) is 6.12. The van der Waals surface area contributed by atoms with Gasteiger partial charge in [0, 0.05) is 23.6 Å². The predicted molar refractivity (Wildman–Crippen MR) is 74.7 cm³/mol. The summed E-state index contributed by atoms with van der Waals surface area (Å²) in [6, 6.07) is 7.53. The van der Waals surface area contributed by atoms with Gasteiger partial charge in [-0.25, -0.2) is 8.42 Å². The highest BCUT2D eigenvalue weighted by molar-refractivity contribution is 7.90. The van der Waals surface area contributed by atoms with Crippen molar-refractivity contribution in [3.8, 4) is 0 Å². The molecule has 18 heavy (non-hydrogen) atoms. The number of hydrogen-bond donors (Lipinski definition) is 1. The Bertz CT molecular complexity index is 471. The van der Waals surface area contributed by atoms with Gasteiger partial charge in [0.05, 0.1) is 0 Å². The van der Waals surface area contributed by atoms with Crippen LogP contribution in [0.4, 0.5) is 0 Å². The molecule has 0 saturated carbocycles. The molecule has 0 amide bonds. The molecule has 0 aliphatic rings. The van der Waals surface area contributed by atoms with E-state index in [0.29, 0.717) is 24.3 Å². The van der Waals surface area contributed by atoms with Gasteiger partial charge in [-0.1, -0.05) is 29.8 Å². The van der Waals surface area contributed by atoms with Crippen molar-refractivity contribution in [1.82, 2.24) is 0 Å². The van der Waals surface area contributed by atoms with E-state index in [-0.39, 0.29) is 18.3 Å². The summed E-state index contributed by atoms with van der Waals surface area (Å²) >= 11 is 6.05. The van der Waals surface area contributed by atoms with Crippen LogP contribution in [0, 0.1) is 5.92 Å². The monoisotopic (exact) mass is 290 g/mol. The third-order valence-corrected chi connectivity index (χ3v) is 4.25. The van der Waals surface area contributed by atoms with Crippen LogP contribution in [0.25, 0.3) is 0 Å². The van der Waals surface area contributed by atoms with Gasteiger partial charge >= 0.3 is 0 Å². The summed E-state index contributed by atoms with van der Waals surface area (Å²) in [6.07, 6.45) is 3.18. The smallest absolute Gasteiger partial charge is 0.147 e. The fourth-order valence-corrected chi connectivity index (χ4v) is 2.77. The zero-order valence-corrected chi connectivity index (χ0v) is 12.0. The van der Waals surface area contributed by atoms with Crippen molar-refractivity contribution in [1.29, 1.82) is 0 Å². The molecule has 1 aromatic rings. The highest BCUT2D eigenvalue weighted by Crippen LogP contribution is 2.21. The van der Waals surface area contributed by atoms with E-state index in [0.717, 1.165) is 5.56 Å². The zero-order chi connectivity index (χ0) is 13.6. The molecule has 0 saturated heterocycles. The number of aliphatic hydroxyl groups excluding tert-OH is 1. The van der Waals surface area contributed by atoms with E-state index in [9.17, 15) is 13.5 Å². The molecule has 3 nitrogen and oxygen atoms in total. The molecule has 0 aliphatic heterocycles. The highest BCUT2D eigenvalue weighted by Gasteiger charge is 2.12. The molecule has 1 atom stereocenters. The molecule has 1 unspecified atom stereocenters. The molecule has 0 fully saturated rings. The first kappa shape index (κ1) is 15.5. The quantitative estimate of drug-likeness (QED) is 0.838. The van der Waals surface area contributed by atoms with Crippen LogP contribution in [-0.4, -0.2) is 32.1 Å². The van der Waals surface area contributed by atoms with Crippen LogP contribution in [0.1, 0.15) is 18.4 Å². The fraction of sp³-hybridized carbons (Fsp3) is 0.538. The number of hydrogen-bond acceptors (Lipinski definition) is 3. The van der Waals surface area contributed by atoms with E-state index < -0.39 is 9.84 Å². The molecule has 1 N–H and O–H groups in total. The van der Waals surface area contributed by atoms with Crippen molar-refractivity contribution >= 4 is 21.4 Å². The molecule has 0 radical (unpaired) electrons. The molecule has 0 aromatic heterocycles. The van der Waals surface area contributed by atoms with Gasteiger partial charge in [-0.3, -0.25) is 0 Å². The van der Waals surface area contributed by atoms with Crippen LogP contribution in [0.5, 0.6) is 0 Å². The van der Waals surface area contributed by atoms with Crippen LogP contribution >= 0.6 is 11.6 Å². The molecular formula is C13H19ClO3S. The minimum atomic E-state index is -2.92. The minimum absolute atomic E-state index is 0.0506. The molecule has 1 aromatic carbocycles. The van der Waals surface area contributed by atoms with E-state index in [1.165, 1.54) is 6.26 Å². The Morgan fingerprint density at radius 3 is 2.56 bits per heavy atom. The maximum absolute atomic E-state index is 11.0. The fourth-order valence-electron chi connectivity index (χ4n) is 1.87. The van der Waals surface area contributed by atoms with Gasteiger partial charge in [0.2, 0.25) is 0 Å². The van der Waals surface area contributed by atoms with Crippen LogP contribution in [0.2, 0.25) is 5.02 Å². The molecule has 102 valence electrons. The normalized spacial score (nSPS) is 13.5. The Labute approximate surface area is 114 Å². The van der Waals surface area contributed by atoms with Gasteiger partial charge < -0.3 is 5.11 Å². The van der Waals surface area contributed by atoms with Crippen LogP contribution in [-0.2, 0) is 16.3 Å². The summed E-state index contributed by atoms with van der Waals surface area (Å²) in [5, 5.41) is 10.0. The van der Waals surface area contributed by atoms with E-state index in [1.54, 1.807) is 0 Å². The second-order valence-electron chi connectivity index (χ2n) is 4.62. The Hall–Kier alpha value is -0.580. The van der Waals surface area contributed by atoms with Gasteiger partial charge in [0.15, 0.2) is 0 Å². The van der Waals surface area contributed by atoms with E-state index in [2.05, 4.69) is 0 Å². The second kappa shape index (κ2) is 7.12. The first-order valence-electron chi connectivity index (χ1n) is 5.94. The van der Waals surface area contributed by atoms with Crippen LogP contribution in [0.15, 0.2) is 24.3 Å². The lowest BCUT2D eigenvalue weighted by Crippen LogP contribution is -2.12. The van der Waals surface area contributed by atoms with Crippen molar-refractivity contribution in [2.24, 2.45) is 5.92 Å². The SMILES string of the molecule is CS(=O)(=O)CCCC(CO)Cc1ccccc1Cl. The minimum Gasteiger partial charge on any atom is -0.396 e. The summed E-state index contributed by atoms with van der Waals surface area (Å²) in [7, 11) is -2.92. The molecule has 5 heteroatoms. The molecule has 0 aliphatic carbocycles. The average molecular weight is 291 g/mol. The molecular weight excluding hydrogens is 272 g/mol. The van der Waals surface area contributed by atoms with Crippen LogP contribution < -0.4 is 0 Å². The lowest BCUT2D eigenvalue weighted by molar-refractivity contribution is 0.217. The van der Waals surface area contributed by atoms with Crippen molar-refractivity contribution in [2.45, 2.75) is 19.3 Å². The Balaban J connectivity index is 2.50. The molecule has 0 heterocycles. The number of rotatable bonds is 7. The van der Waals surface area contributed by atoms with Crippen molar-refractivity contribution in [3.63, 3.8) is 0 Å². The average Bonchev–Trinajstić information content (AvgIpc) is 2.29. The maximum atomic E-state index is 11.0. The van der Waals surface area contributed by atoms with E-state index in [1.807, 2.05) is 24.3 Å². The van der Waals surface area contributed by atoms with E-state index in [4.69, 9.17) is 11.6 Å². The lowest BCUT2D eigenvalue weighted by atomic mass is 9.96. The summed E-state index contributed by atoms with van der Waals surface area (Å²) in [4.78, 5) is 0. The van der Waals surface area contributed by atoms with Gasteiger partial charge in [0.25, 0.3) is 0 Å².